The molecule has 2 amide bonds. The highest BCUT2D eigenvalue weighted by atomic mass is 16.3. The molecule has 6 heteroatoms. The molecule has 0 unspecified atom stereocenters. The monoisotopic (exact) mass is 280 g/mol. The van der Waals surface area contributed by atoms with E-state index in [9.17, 15) is 9.90 Å². The molecule has 1 aliphatic rings. The van der Waals surface area contributed by atoms with Crippen molar-refractivity contribution >= 4 is 6.03 Å². The lowest BCUT2D eigenvalue weighted by Gasteiger charge is -2.36. The van der Waals surface area contributed by atoms with Crippen molar-refractivity contribution in [3.05, 3.63) is 18.2 Å². The quantitative estimate of drug-likeness (QED) is 0.656. The summed E-state index contributed by atoms with van der Waals surface area (Å²) in [4.78, 5) is 15.7. The summed E-state index contributed by atoms with van der Waals surface area (Å²) in [6, 6.07) is -0.191. The number of aromatic nitrogens is 2. The van der Waals surface area contributed by atoms with Crippen molar-refractivity contribution < 1.29 is 9.90 Å². The van der Waals surface area contributed by atoms with Gasteiger partial charge in [-0.1, -0.05) is 0 Å². The van der Waals surface area contributed by atoms with Crippen molar-refractivity contribution in [2.45, 2.75) is 51.2 Å². The molecule has 1 aliphatic carbocycles. The van der Waals surface area contributed by atoms with Crippen LogP contribution in [-0.4, -0.2) is 39.4 Å². The zero-order valence-electron chi connectivity index (χ0n) is 12.1. The maximum absolute atomic E-state index is 11.5. The van der Waals surface area contributed by atoms with Gasteiger partial charge in [0.15, 0.2) is 0 Å². The topological polar surface area (TPSA) is 79.2 Å². The minimum atomic E-state index is -0.656. The van der Waals surface area contributed by atoms with Gasteiger partial charge in [-0.15, -0.1) is 0 Å². The number of rotatable bonds is 7. The molecule has 0 atom stereocenters. The van der Waals surface area contributed by atoms with E-state index in [1.165, 1.54) is 0 Å². The van der Waals surface area contributed by atoms with Crippen LogP contribution in [0.4, 0.5) is 4.79 Å². The number of carbonyl (C=O) groups excluding carboxylic acids is 1. The third-order valence-corrected chi connectivity index (χ3v) is 3.90. The van der Waals surface area contributed by atoms with E-state index in [4.69, 9.17) is 0 Å². The summed E-state index contributed by atoms with van der Waals surface area (Å²) in [6.07, 6.45) is 8.32. The Kier molecular flexibility index (Phi) is 5.00. The number of imidazole rings is 1. The molecule has 20 heavy (non-hydrogen) atoms. The minimum absolute atomic E-state index is 0.191. The molecule has 2 rings (SSSR count). The first-order valence-electron chi connectivity index (χ1n) is 7.31. The second-order valence-electron chi connectivity index (χ2n) is 5.56. The van der Waals surface area contributed by atoms with Crippen LogP contribution in [0.5, 0.6) is 0 Å². The first-order chi connectivity index (χ1) is 9.59. The smallest absolute Gasteiger partial charge is 0.314 e. The van der Waals surface area contributed by atoms with Crippen LogP contribution in [0.25, 0.3) is 0 Å². The molecule has 1 aromatic heterocycles. The molecule has 6 nitrogen and oxygen atoms in total. The largest absolute Gasteiger partial charge is 0.388 e. The predicted molar refractivity (Wildman–Crippen MR) is 76.4 cm³/mol. The predicted octanol–water partition coefficient (Wildman–Crippen LogP) is 1.19. The molecule has 0 radical (unpaired) electrons. The SMILES string of the molecule is Cc1nccn1CCCCNC(=O)NCC1(O)CCC1. The van der Waals surface area contributed by atoms with Crippen LogP contribution >= 0.6 is 0 Å². The fraction of sp³-hybridized carbons (Fsp3) is 0.714. The number of unbranched alkanes of at least 4 members (excludes halogenated alkanes) is 1. The normalized spacial score (nSPS) is 16.5. The Morgan fingerprint density at radius 1 is 1.45 bits per heavy atom. The second-order valence-corrected chi connectivity index (χ2v) is 5.56. The minimum Gasteiger partial charge on any atom is -0.388 e. The summed E-state index contributed by atoms with van der Waals surface area (Å²) < 4.78 is 2.10. The number of aryl methyl sites for hydroxylation is 2. The van der Waals surface area contributed by atoms with Crippen LogP contribution in [0.3, 0.4) is 0 Å². The Labute approximate surface area is 119 Å². The lowest BCUT2D eigenvalue weighted by atomic mass is 9.80. The Balaban J connectivity index is 1.50. The Bertz CT molecular complexity index is 440. The van der Waals surface area contributed by atoms with Gasteiger partial charge in [-0.3, -0.25) is 0 Å². The molecular formula is C14H24N4O2. The van der Waals surface area contributed by atoms with Gasteiger partial charge in [0.1, 0.15) is 5.82 Å². The number of urea groups is 1. The van der Waals surface area contributed by atoms with Gasteiger partial charge in [0.2, 0.25) is 0 Å². The van der Waals surface area contributed by atoms with Crippen molar-refractivity contribution in [2.24, 2.45) is 0 Å². The maximum Gasteiger partial charge on any atom is 0.314 e. The fourth-order valence-electron chi connectivity index (χ4n) is 2.32. The summed E-state index contributed by atoms with van der Waals surface area (Å²) in [5.41, 5.74) is -0.656. The highest BCUT2D eigenvalue weighted by molar-refractivity contribution is 5.73. The van der Waals surface area contributed by atoms with Gasteiger partial charge in [-0.05, 0) is 39.0 Å². The maximum atomic E-state index is 11.5. The van der Waals surface area contributed by atoms with Crippen molar-refractivity contribution in [1.29, 1.82) is 0 Å². The van der Waals surface area contributed by atoms with Gasteiger partial charge in [-0.25, -0.2) is 9.78 Å². The third kappa shape index (κ3) is 4.23. The molecule has 112 valence electrons. The average Bonchev–Trinajstić information content (AvgIpc) is 2.79. The van der Waals surface area contributed by atoms with E-state index in [2.05, 4.69) is 20.2 Å². The first kappa shape index (κ1) is 14.8. The number of hydrogen-bond acceptors (Lipinski definition) is 3. The van der Waals surface area contributed by atoms with Crippen LogP contribution in [0.1, 0.15) is 37.9 Å². The molecular weight excluding hydrogens is 256 g/mol. The van der Waals surface area contributed by atoms with Crippen LogP contribution in [0.15, 0.2) is 12.4 Å². The zero-order chi connectivity index (χ0) is 14.4. The van der Waals surface area contributed by atoms with Crippen LogP contribution in [0, 0.1) is 6.92 Å². The lowest BCUT2D eigenvalue weighted by molar-refractivity contribution is -0.0290. The van der Waals surface area contributed by atoms with E-state index in [1.54, 1.807) is 6.20 Å². The number of hydrogen-bond donors (Lipinski definition) is 3. The van der Waals surface area contributed by atoms with E-state index in [1.807, 2.05) is 13.1 Å². The molecule has 0 aromatic carbocycles. The van der Waals surface area contributed by atoms with Gasteiger partial charge in [0.05, 0.1) is 5.60 Å². The summed E-state index contributed by atoms with van der Waals surface area (Å²) in [6.45, 7) is 3.91. The molecule has 1 fully saturated rings. The van der Waals surface area contributed by atoms with Gasteiger partial charge in [-0.2, -0.15) is 0 Å². The van der Waals surface area contributed by atoms with E-state index in [0.29, 0.717) is 13.1 Å². The highest BCUT2D eigenvalue weighted by Crippen LogP contribution is 2.30. The Morgan fingerprint density at radius 2 is 2.25 bits per heavy atom. The number of amides is 2. The van der Waals surface area contributed by atoms with Crippen LogP contribution in [0.2, 0.25) is 0 Å². The number of nitrogens with one attached hydrogen (secondary N) is 2. The Morgan fingerprint density at radius 3 is 2.85 bits per heavy atom. The highest BCUT2D eigenvalue weighted by Gasteiger charge is 2.34. The molecule has 0 saturated heterocycles. The molecule has 1 saturated carbocycles. The fourth-order valence-corrected chi connectivity index (χ4v) is 2.32. The molecule has 0 spiro atoms. The summed E-state index contributed by atoms with van der Waals surface area (Å²) in [7, 11) is 0. The molecule has 3 N–H and O–H groups in total. The molecule has 0 aliphatic heterocycles. The third-order valence-electron chi connectivity index (χ3n) is 3.90. The Hall–Kier alpha value is -1.56. The summed E-state index contributed by atoms with van der Waals surface area (Å²) in [5.74, 6) is 1.02. The standard InChI is InChI=1S/C14H24N4O2/c1-12-15-8-10-18(12)9-3-2-7-16-13(19)17-11-14(20)5-4-6-14/h8,10,20H,2-7,9,11H2,1H3,(H2,16,17,19). The van der Waals surface area contributed by atoms with E-state index in [0.717, 1.165) is 44.5 Å². The van der Waals surface area contributed by atoms with Crippen LogP contribution in [-0.2, 0) is 6.54 Å². The molecule has 1 aromatic rings. The van der Waals surface area contributed by atoms with Crippen LogP contribution < -0.4 is 10.6 Å². The van der Waals surface area contributed by atoms with Gasteiger partial charge < -0.3 is 20.3 Å². The first-order valence-corrected chi connectivity index (χ1v) is 7.31. The number of carbonyl (C=O) groups is 1. The zero-order valence-corrected chi connectivity index (χ0v) is 12.1. The van der Waals surface area contributed by atoms with Crippen molar-refractivity contribution in [3.8, 4) is 0 Å². The van der Waals surface area contributed by atoms with E-state index < -0.39 is 5.60 Å². The van der Waals surface area contributed by atoms with Gasteiger partial charge in [0.25, 0.3) is 0 Å². The lowest BCUT2D eigenvalue weighted by Crippen LogP contribution is -2.50. The number of aliphatic hydroxyl groups is 1. The molecule has 1 heterocycles. The number of nitrogens with zero attached hydrogens (tertiary/aromatic N) is 2. The van der Waals surface area contributed by atoms with Crippen molar-refractivity contribution in [1.82, 2.24) is 20.2 Å². The van der Waals surface area contributed by atoms with Crippen molar-refractivity contribution in [2.75, 3.05) is 13.1 Å². The van der Waals surface area contributed by atoms with E-state index >= 15 is 0 Å². The van der Waals surface area contributed by atoms with Gasteiger partial charge >= 0.3 is 6.03 Å². The van der Waals surface area contributed by atoms with Crippen molar-refractivity contribution in [3.63, 3.8) is 0 Å². The summed E-state index contributed by atoms with van der Waals surface area (Å²) in [5, 5.41) is 15.4. The second kappa shape index (κ2) is 6.74. The molecule has 0 bridgehead atoms. The van der Waals surface area contributed by atoms with E-state index in [-0.39, 0.29) is 6.03 Å². The average molecular weight is 280 g/mol. The summed E-state index contributed by atoms with van der Waals surface area (Å²) >= 11 is 0. The van der Waals surface area contributed by atoms with Gasteiger partial charge in [0, 0.05) is 32.0 Å².